The molecule has 0 unspecified atom stereocenters. The highest BCUT2D eigenvalue weighted by Gasteiger charge is 2.31. The van der Waals surface area contributed by atoms with Crippen LogP contribution < -0.4 is 16.0 Å². The Hall–Kier alpha value is -2.16. The normalized spacial score (nSPS) is 26.6. The molecule has 0 saturated carbocycles. The predicted molar refractivity (Wildman–Crippen MR) is 95.7 cm³/mol. The molecule has 3 rings (SSSR count). The summed E-state index contributed by atoms with van der Waals surface area (Å²) in [5.41, 5.74) is 5.69. The van der Waals surface area contributed by atoms with Crippen LogP contribution in [0.2, 0.25) is 0 Å². The molecule has 2 aliphatic heterocycles. The van der Waals surface area contributed by atoms with Gasteiger partial charge in [-0.2, -0.15) is 9.97 Å². The fourth-order valence-corrected chi connectivity index (χ4v) is 3.78. The quantitative estimate of drug-likeness (QED) is 0.611. The van der Waals surface area contributed by atoms with Gasteiger partial charge in [0.1, 0.15) is 0 Å². The maximum Gasteiger partial charge on any atom is 0.353 e. The number of nitro groups is 1. The van der Waals surface area contributed by atoms with E-state index < -0.39 is 4.92 Å². The Morgan fingerprint density at radius 3 is 2.68 bits per heavy atom. The average molecular weight is 350 g/mol. The summed E-state index contributed by atoms with van der Waals surface area (Å²) < 4.78 is 5.57. The van der Waals surface area contributed by atoms with Gasteiger partial charge in [0.25, 0.3) is 0 Å². The van der Waals surface area contributed by atoms with Crippen molar-refractivity contribution < 1.29 is 9.66 Å². The van der Waals surface area contributed by atoms with Crippen LogP contribution in [0.25, 0.3) is 0 Å². The topological polar surface area (TPSA) is 119 Å². The van der Waals surface area contributed by atoms with E-state index in [2.05, 4.69) is 29.1 Å². The van der Waals surface area contributed by atoms with Crippen LogP contribution in [0, 0.1) is 22.0 Å². The number of hydrogen-bond donors (Lipinski definition) is 2. The SMILES string of the molecule is C[C@@H]1C[C@H](C)CN(c2nc(NC[C@H]3CCCO3)nc(N)c2[N+](=O)[O-])C1. The van der Waals surface area contributed by atoms with Crippen molar-refractivity contribution in [2.24, 2.45) is 11.8 Å². The molecule has 9 nitrogen and oxygen atoms in total. The Labute approximate surface area is 147 Å². The zero-order chi connectivity index (χ0) is 18.0. The van der Waals surface area contributed by atoms with Gasteiger partial charge in [0.2, 0.25) is 17.6 Å². The molecule has 9 heteroatoms. The number of piperidine rings is 1. The van der Waals surface area contributed by atoms with E-state index in [0.717, 1.165) is 39.0 Å². The Morgan fingerprint density at radius 2 is 2.08 bits per heavy atom. The Morgan fingerprint density at radius 1 is 1.36 bits per heavy atom. The lowest BCUT2D eigenvalue weighted by molar-refractivity contribution is -0.383. The van der Waals surface area contributed by atoms with Crippen LogP contribution in [-0.2, 0) is 4.74 Å². The lowest BCUT2D eigenvalue weighted by Crippen LogP contribution is -2.39. The molecule has 0 amide bonds. The van der Waals surface area contributed by atoms with Crippen molar-refractivity contribution in [3.05, 3.63) is 10.1 Å². The fraction of sp³-hybridized carbons (Fsp3) is 0.750. The zero-order valence-electron chi connectivity index (χ0n) is 14.8. The minimum atomic E-state index is -0.488. The number of nitrogen functional groups attached to an aromatic ring is 1. The number of nitrogens with one attached hydrogen (secondary N) is 1. The molecule has 0 aliphatic carbocycles. The van der Waals surface area contributed by atoms with Gasteiger partial charge in [0.15, 0.2) is 0 Å². The van der Waals surface area contributed by atoms with E-state index in [4.69, 9.17) is 10.5 Å². The predicted octanol–water partition coefficient (Wildman–Crippen LogP) is 2.04. The minimum Gasteiger partial charge on any atom is -0.378 e. The van der Waals surface area contributed by atoms with E-state index in [1.54, 1.807) is 0 Å². The highest BCUT2D eigenvalue weighted by molar-refractivity contribution is 5.71. The van der Waals surface area contributed by atoms with Crippen LogP contribution in [-0.4, -0.2) is 47.2 Å². The van der Waals surface area contributed by atoms with Crippen LogP contribution in [0.3, 0.4) is 0 Å². The molecule has 138 valence electrons. The van der Waals surface area contributed by atoms with Crippen molar-refractivity contribution >= 4 is 23.3 Å². The number of nitrogens with zero attached hydrogens (tertiary/aromatic N) is 4. The summed E-state index contributed by atoms with van der Waals surface area (Å²) in [5.74, 6) is 1.42. The third-order valence-corrected chi connectivity index (χ3v) is 4.76. The van der Waals surface area contributed by atoms with Gasteiger partial charge in [-0.3, -0.25) is 10.1 Å². The Kier molecular flexibility index (Phi) is 5.22. The molecule has 2 aliphatic rings. The minimum absolute atomic E-state index is 0.101. The molecule has 25 heavy (non-hydrogen) atoms. The third kappa shape index (κ3) is 4.09. The number of rotatable bonds is 5. The second-order valence-corrected chi connectivity index (χ2v) is 7.23. The first-order chi connectivity index (χ1) is 11.9. The van der Waals surface area contributed by atoms with Gasteiger partial charge in [-0.1, -0.05) is 13.8 Å². The first-order valence-electron chi connectivity index (χ1n) is 8.86. The second-order valence-electron chi connectivity index (χ2n) is 7.23. The van der Waals surface area contributed by atoms with Gasteiger partial charge >= 0.3 is 5.69 Å². The standard InChI is InChI=1S/C16H26N6O3/c1-10-6-11(2)9-21(8-10)15-13(22(23)24)14(17)19-16(20-15)18-7-12-4-3-5-25-12/h10-12H,3-9H2,1-2H3,(H3,17,18,19,20)/t10-,11+,12-/m1/s1. The molecule has 3 heterocycles. The van der Waals surface area contributed by atoms with Crippen molar-refractivity contribution in [2.45, 2.75) is 39.2 Å². The molecular formula is C16H26N6O3. The maximum absolute atomic E-state index is 11.5. The lowest BCUT2D eigenvalue weighted by Gasteiger charge is -2.35. The van der Waals surface area contributed by atoms with Crippen LogP contribution >= 0.6 is 0 Å². The molecule has 0 radical (unpaired) electrons. The molecule has 2 fully saturated rings. The molecule has 0 spiro atoms. The van der Waals surface area contributed by atoms with E-state index in [1.807, 2.05) is 4.90 Å². The number of anilines is 3. The number of nitrogens with two attached hydrogens (primary N) is 1. The van der Waals surface area contributed by atoms with Crippen molar-refractivity contribution in [2.75, 3.05) is 42.2 Å². The largest absolute Gasteiger partial charge is 0.378 e. The average Bonchev–Trinajstić information content (AvgIpc) is 3.04. The summed E-state index contributed by atoms with van der Waals surface area (Å²) in [6.07, 6.45) is 3.27. The lowest BCUT2D eigenvalue weighted by atomic mass is 9.92. The number of ether oxygens (including phenoxy) is 1. The molecule has 1 aromatic heterocycles. The Bertz CT molecular complexity index is 625. The van der Waals surface area contributed by atoms with E-state index in [1.165, 1.54) is 0 Å². The van der Waals surface area contributed by atoms with Gasteiger partial charge in [0.05, 0.1) is 11.0 Å². The van der Waals surface area contributed by atoms with Crippen molar-refractivity contribution in [3.8, 4) is 0 Å². The van der Waals surface area contributed by atoms with Gasteiger partial charge in [-0.05, 0) is 31.1 Å². The first kappa shape index (κ1) is 17.7. The van der Waals surface area contributed by atoms with Gasteiger partial charge in [-0.25, -0.2) is 0 Å². The molecule has 3 N–H and O–H groups in total. The summed E-state index contributed by atoms with van der Waals surface area (Å²) >= 11 is 0. The van der Waals surface area contributed by atoms with Gasteiger partial charge in [0, 0.05) is 26.2 Å². The third-order valence-electron chi connectivity index (χ3n) is 4.76. The maximum atomic E-state index is 11.5. The molecule has 3 atom stereocenters. The molecule has 1 aromatic rings. The van der Waals surface area contributed by atoms with Crippen LogP contribution in [0.1, 0.15) is 33.1 Å². The summed E-state index contributed by atoms with van der Waals surface area (Å²) in [7, 11) is 0. The van der Waals surface area contributed by atoms with E-state index >= 15 is 0 Å². The van der Waals surface area contributed by atoms with E-state index in [0.29, 0.717) is 30.1 Å². The zero-order valence-corrected chi connectivity index (χ0v) is 14.8. The van der Waals surface area contributed by atoms with E-state index in [9.17, 15) is 10.1 Å². The van der Waals surface area contributed by atoms with Crippen molar-refractivity contribution in [1.29, 1.82) is 0 Å². The van der Waals surface area contributed by atoms with Crippen LogP contribution in [0.4, 0.5) is 23.3 Å². The summed E-state index contributed by atoms with van der Waals surface area (Å²) in [5, 5.41) is 14.6. The smallest absolute Gasteiger partial charge is 0.353 e. The van der Waals surface area contributed by atoms with Crippen LogP contribution in [0.5, 0.6) is 0 Å². The number of hydrogen-bond acceptors (Lipinski definition) is 8. The summed E-state index contributed by atoms with van der Waals surface area (Å²) in [6, 6.07) is 0. The van der Waals surface area contributed by atoms with Crippen LogP contribution in [0.15, 0.2) is 0 Å². The summed E-state index contributed by atoms with van der Waals surface area (Å²) in [6.45, 7) is 7.10. The van der Waals surface area contributed by atoms with E-state index in [-0.39, 0.29) is 17.6 Å². The Balaban J connectivity index is 1.86. The van der Waals surface area contributed by atoms with Gasteiger partial charge < -0.3 is 20.7 Å². The molecule has 2 saturated heterocycles. The van der Waals surface area contributed by atoms with Crippen molar-refractivity contribution in [1.82, 2.24) is 9.97 Å². The second kappa shape index (κ2) is 7.38. The number of aromatic nitrogens is 2. The molecular weight excluding hydrogens is 324 g/mol. The first-order valence-corrected chi connectivity index (χ1v) is 8.86. The fourth-order valence-electron chi connectivity index (χ4n) is 3.78. The molecule has 0 bridgehead atoms. The highest BCUT2D eigenvalue weighted by atomic mass is 16.6. The monoisotopic (exact) mass is 350 g/mol. The van der Waals surface area contributed by atoms with Gasteiger partial charge in [-0.15, -0.1) is 0 Å². The summed E-state index contributed by atoms with van der Waals surface area (Å²) in [4.78, 5) is 21.5. The highest BCUT2D eigenvalue weighted by Crippen LogP contribution is 2.35. The molecule has 0 aromatic carbocycles. The van der Waals surface area contributed by atoms with Crippen molar-refractivity contribution in [3.63, 3.8) is 0 Å².